The van der Waals surface area contributed by atoms with Crippen LogP contribution in [0.25, 0.3) is 0 Å². The van der Waals surface area contributed by atoms with Crippen LogP contribution in [0.5, 0.6) is 11.5 Å². The van der Waals surface area contributed by atoms with Crippen LogP contribution in [0.15, 0.2) is 77.3 Å². The Labute approximate surface area is 334 Å². The third-order valence-corrected chi connectivity index (χ3v) is 14.5. The molecule has 2 unspecified atom stereocenters. The van der Waals surface area contributed by atoms with Crippen molar-refractivity contribution >= 4 is 16.1 Å². The summed E-state index contributed by atoms with van der Waals surface area (Å²) in [5.41, 5.74) is 16.8. The Balaban J connectivity index is 1.36. The van der Waals surface area contributed by atoms with Crippen LogP contribution < -0.4 is 16.2 Å². The maximum absolute atomic E-state index is 14.0. The SMILES string of the molecule is C[C@H]1CCc2cc3ccc2[C@H]1CC(S(=O)(=O)O)C1C=C2C[C@H](C[C@@H]4C[C@@H](CO)CC#Cc5cc(O)ccc5[C@@H]2O4)[C@H]1c1ccc(cc1)[C@](CCCO)(N=C(N)N)O3. The number of rotatable bonds is 6. The Kier molecular flexibility index (Phi) is 10.9. The van der Waals surface area contributed by atoms with Gasteiger partial charge < -0.3 is 36.3 Å². The zero-order valence-corrected chi connectivity index (χ0v) is 33.1. The van der Waals surface area contributed by atoms with Crippen LogP contribution in [-0.2, 0) is 27.0 Å². The third-order valence-electron chi connectivity index (χ3n) is 13.2. The minimum atomic E-state index is -4.61. The zero-order valence-electron chi connectivity index (χ0n) is 32.3. The lowest BCUT2D eigenvalue weighted by Crippen LogP contribution is -2.40. The normalized spacial score (nSPS) is 31.7. The molecule has 10 rings (SSSR count). The molecular weight excluding hydrogens is 743 g/mol. The first kappa shape index (κ1) is 39.4. The molecule has 0 radical (unpaired) electrons. The number of hydrogen-bond donors (Lipinski definition) is 6. The van der Waals surface area contributed by atoms with E-state index < -0.39 is 33.1 Å². The number of phenolic OH excluding ortho intramolecular Hbond substituents is 1. The first-order valence-corrected chi connectivity index (χ1v) is 21.7. The second kappa shape index (κ2) is 15.8. The van der Waals surface area contributed by atoms with E-state index in [1.807, 2.05) is 48.5 Å². The summed E-state index contributed by atoms with van der Waals surface area (Å²) in [7, 11) is -4.61. The Bertz CT molecular complexity index is 2230. The molecule has 0 aromatic heterocycles. The summed E-state index contributed by atoms with van der Waals surface area (Å²) in [5.74, 6) is 5.71. The molecule has 0 amide bonds. The predicted octanol–water partition coefficient (Wildman–Crippen LogP) is 5.93. The number of benzene rings is 3. The van der Waals surface area contributed by atoms with Gasteiger partial charge in [-0.15, -0.1) is 0 Å². The fourth-order valence-electron chi connectivity index (χ4n) is 10.6. The number of ether oxygens (including phenoxy) is 2. The summed E-state index contributed by atoms with van der Waals surface area (Å²) in [6.45, 7) is 2.00. The van der Waals surface area contributed by atoms with Crippen LogP contribution in [0, 0.1) is 35.5 Å². The molecular formula is C45H53N3O8S. The number of aliphatic imine (C=N–C) groups is 1. The minimum Gasteiger partial charge on any atom is -0.508 e. The topological polar surface area (TPSA) is 198 Å². The van der Waals surface area contributed by atoms with Gasteiger partial charge in [-0.3, -0.25) is 4.55 Å². The number of allylic oxidation sites excluding steroid dienone is 1. The van der Waals surface area contributed by atoms with Gasteiger partial charge in [-0.1, -0.05) is 61.2 Å². The summed E-state index contributed by atoms with van der Waals surface area (Å²) in [6.07, 6.45) is 5.90. The lowest BCUT2D eigenvalue weighted by atomic mass is 9.64. The largest absolute Gasteiger partial charge is 0.508 e. The highest BCUT2D eigenvalue weighted by Gasteiger charge is 2.49. The van der Waals surface area contributed by atoms with E-state index in [4.69, 9.17) is 20.9 Å². The summed E-state index contributed by atoms with van der Waals surface area (Å²) < 4.78 is 53.2. The summed E-state index contributed by atoms with van der Waals surface area (Å²) in [6, 6.07) is 18.8. The van der Waals surface area contributed by atoms with Gasteiger partial charge in [0.1, 0.15) is 17.6 Å². The molecule has 1 fully saturated rings. The lowest BCUT2D eigenvalue weighted by molar-refractivity contribution is -0.0131. The number of phenols is 1. The molecule has 7 aliphatic rings. The second-order valence-corrected chi connectivity index (χ2v) is 18.5. The monoisotopic (exact) mass is 795 g/mol. The molecule has 2 aliphatic carbocycles. The number of aliphatic hydroxyl groups excluding tert-OH is 2. The third kappa shape index (κ3) is 7.80. The van der Waals surface area contributed by atoms with Gasteiger partial charge in [0.2, 0.25) is 5.72 Å². The molecule has 10 atom stereocenters. The average molecular weight is 796 g/mol. The molecule has 5 aliphatic heterocycles. The second-order valence-electron chi connectivity index (χ2n) is 16.9. The van der Waals surface area contributed by atoms with E-state index in [-0.39, 0.29) is 67.0 Å². The lowest BCUT2D eigenvalue weighted by Gasteiger charge is -2.42. The Hall–Kier alpha value is -4.38. The molecule has 8 N–H and O–H groups in total. The molecule has 302 valence electrons. The van der Waals surface area contributed by atoms with Crippen molar-refractivity contribution in [1.82, 2.24) is 0 Å². The van der Waals surface area contributed by atoms with Crippen LogP contribution in [0.2, 0.25) is 0 Å². The van der Waals surface area contributed by atoms with E-state index in [0.717, 1.165) is 40.7 Å². The maximum Gasteiger partial charge on any atom is 0.268 e. The molecule has 0 saturated carbocycles. The van der Waals surface area contributed by atoms with Crippen molar-refractivity contribution in [1.29, 1.82) is 0 Å². The maximum atomic E-state index is 14.0. The first-order chi connectivity index (χ1) is 27.4. The van der Waals surface area contributed by atoms with E-state index in [1.165, 1.54) is 0 Å². The van der Waals surface area contributed by atoms with Crippen LogP contribution in [-0.4, -0.2) is 58.8 Å². The quantitative estimate of drug-likeness (QED) is 0.0572. The van der Waals surface area contributed by atoms with Gasteiger partial charge >= 0.3 is 0 Å². The van der Waals surface area contributed by atoms with Gasteiger partial charge in [0.25, 0.3) is 10.1 Å². The molecule has 1 saturated heterocycles. The van der Waals surface area contributed by atoms with E-state index in [9.17, 15) is 28.3 Å². The first-order valence-electron chi connectivity index (χ1n) is 20.2. The number of fused-ring (bicyclic) bond motifs is 9. The Morgan fingerprint density at radius 3 is 2.54 bits per heavy atom. The van der Waals surface area contributed by atoms with Crippen molar-refractivity contribution in [3.05, 3.63) is 106 Å². The summed E-state index contributed by atoms with van der Waals surface area (Å²) in [5, 5.41) is 29.8. The fourth-order valence-corrected chi connectivity index (χ4v) is 11.7. The van der Waals surface area contributed by atoms with Crippen molar-refractivity contribution < 1.29 is 37.8 Å². The van der Waals surface area contributed by atoms with Crippen molar-refractivity contribution in [3.63, 3.8) is 0 Å². The molecule has 3 aromatic rings. The predicted molar refractivity (Wildman–Crippen MR) is 217 cm³/mol. The van der Waals surface area contributed by atoms with Gasteiger partial charge in [-0.2, -0.15) is 8.42 Å². The van der Waals surface area contributed by atoms with Gasteiger partial charge in [0, 0.05) is 48.7 Å². The molecule has 11 nitrogen and oxygen atoms in total. The summed E-state index contributed by atoms with van der Waals surface area (Å²) in [4.78, 5) is 4.69. The number of aromatic hydroxyl groups is 1. The van der Waals surface area contributed by atoms with Crippen molar-refractivity contribution in [2.24, 2.45) is 40.1 Å². The number of guanidine groups is 1. The fraction of sp³-hybridized carbons (Fsp3) is 0.489. The van der Waals surface area contributed by atoms with Crippen LogP contribution >= 0.6 is 0 Å². The number of nitrogens with zero attached hydrogens (tertiary/aromatic N) is 1. The van der Waals surface area contributed by atoms with Crippen LogP contribution in [0.3, 0.4) is 0 Å². The molecule has 0 spiro atoms. The highest BCUT2D eigenvalue weighted by molar-refractivity contribution is 7.86. The van der Waals surface area contributed by atoms with Gasteiger partial charge in [0.15, 0.2) is 5.96 Å². The minimum absolute atomic E-state index is 0.0594. The van der Waals surface area contributed by atoms with Gasteiger partial charge in [0.05, 0.1) is 11.4 Å². The molecule has 57 heavy (non-hydrogen) atoms. The number of nitrogens with two attached hydrogens (primary N) is 2. The Morgan fingerprint density at radius 1 is 1.02 bits per heavy atom. The molecule has 5 heterocycles. The van der Waals surface area contributed by atoms with Gasteiger partial charge in [-0.05, 0) is 121 Å². The van der Waals surface area contributed by atoms with Gasteiger partial charge in [-0.25, -0.2) is 4.99 Å². The average Bonchev–Trinajstić information content (AvgIpc) is 3.30. The smallest absolute Gasteiger partial charge is 0.268 e. The molecule has 12 heteroatoms. The number of hydrogen-bond acceptors (Lipinski definition) is 8. The van der Waals surface area contributed by atoms with Crippen molar-refractivity contribution in [3.8, 4) is 23.3 Å². The molecule has 10 bridgehead atoms. The van der Waals surface area contributed by atoms with Crippen LogP contribution in [0.4, 0.5) is 0 Å². The molecule has 3 aromatic carbocycles. The Morgan fingerprint density at radius 2 is 1.81 bits per heavy atom. The van der Waals surface area contributed by atoms with Crippen molar-refractivity contribution in [2.45, 2.75) is 99.7 Å². The van der Waals surface area contributed by atoms with Crippen LogP contribution in [0.1, 0.15) is 110 Å². The van der Waals surface area contributed by atoms with Crippen molar-refractivity contribution in [2.75, 3.05) is 13.2 Å². The van der Waals surface area contributed by atoms with E-state index in [1.54, 1.807) is 12.1 Å². The number of aryl methyl sites for hydroxylation is 1. The highest BCUT2D eigenvalue weighted by atomic mass is 32.2. The highest BCUT2D eigenvalue weighted by Crippen LogP contribution is 2.55. The van der Waals surface area contributed by atoms with E-state index in [0.29, 0.717) is 55.4 Å². The number of aliphatic hydroxyl groups is 2. The van der Waals surface area contributed by atoms with E-state index in [2.05, 4.69) is 29.8 Å². The van der Waals surface area contributed by atoms with E-state index >= 15 is 0 Å². The standard InChI is InChI=1S/C45H53N3O8S/c1-26-6-7-30-21-35-13-15-37(30)39(26)24-41(57(52,53)54)40-23-32-19-31(42(40)28-8-10-33(11-9-28)45(56-35,16-3-17-49)48-44(46)47)22-36-18-27(25-50)4-2-5-29-20-34(51)12-14-38(29)43(32)55-36/h8-15,20-21,23,26-27,31,36,39-43,49-51H,3-4,6-7,16-19,22,24-25H2,1H3,(H4,46,47,48)(H,52,53,54)/t26-,27-,31+,36-,39-,40?,41?,42+,43+,45+/m0/s1. The zero-order chi connectivity index (χ0) is 40.1. The summed E-state index contributed by atoms with van der Waals surface area (Å²) >= 11 is 0.